The summed E-state index contributed by atoms with van der Waals surface area (Å²) in [5, 5.41) is 6.86. The fourth-order valence-corrected chi connectivity index (χ4v) is 4.56. The number of carbonyl (C=O) groups excluding carboxylic acids is 2. The number of nitrogens with one attached hydrogen (secondary N) is 3. The van der Waals surface area contributed by atoms with Gasteiger partial charge in [0.15, 0.2) is 0 Å². The maximum atomic E-state index is 13.0. The van der Waals surface area contributed by atoms with E-state index in [1.807, 2.05) is 42.6 Å². The molecule has 0 aliphatic heterocycles. The first kappa shape index (κ1) is 23.1. The Morgan fingerprint density at radius 1 is 1.06 bits per heavy atom. The maximum absolute atomic E-state index is 13.0. The number of amides is 2. The Balaban J connectivity index is 1.35. The highest BCUT2D eigenvalue weighted by Crippen LogP contribution is 2.22. The lowest BCUT2D eigenvalue weighted by Gasteiger charge is -2.22. The van der Waals surface area contributed by atoms with Gasteiger partial charge in [-0.2, -0.15) is 0 Å². The van der Waals surface area contributed by atoms with Crippen molar-refractivity contribution in [1.82, 2.24) is 15.6 Å². The minimum atomic E-state index is -0.639. The molecule has 0 bridgehead atoms. The van der Waals surface area contributed by atoms with Gasteiger partial charge < -0.3 is 20.4 Å². The van der Waals surface area contributed by atoms with Crippen molar-refractivity contribution in [3.8, 4) is 0 Å². The molecular weight excluding hydrogens is 414 g/mol. The Morgan fingerprint density at radius 3 is 2.67 bits per heavy atom. The lowest BCUT2D eigenvalue weighted by molar-refractivity contribution is -0.128. The first-order valence-corrected chi connectivity index (χ1v) is 11.9. The first-order chi connectivity index (χ1) is 16.1. The van der Waals surface area contributed by atoms with E-state index in [9.17, 15) is 9.59 Å². The van der Waals surface area contributed by atoms with E-state index in [0.29, 0.717) is 25.7 Å². The molecule has 33 heavy (non-hydrogen) atoms. The zero-order chi connectivity index (χ0) is 23.0. The van der Waals surface area contributed by atoms with Gasteiger partial charge in [0.1, 0.15) is 6.04 Å². The van der Waals surface area contributed by atoms with Gasteiger partial charge >= 0.3 is 0 Å². The molecule has 1 aromatic heterocycles. The molecule has 2 amide bonds. The number of aromatic amines is 1. The average molecular weight is 448 g/mol. The van der Waals surface area contributed by atoms with E-state index in [1.165, 1.54) is 26.2 Å². The number of benzene rings is 2. The van der Waals surface area contributed by atoms with E-state index in [2.05, 4.69) is 27.8 Å². The zero-order valence-corrected chi connectivity index (χ0v) is 19.2. The molecule has 0 saturated heterocycles. The summed E-state index contributed by atoms with van der Waals surface area (Å²) in [6, 6.07) is 15.5. The number of carbonyl (C=O) groups is 2. The second-order valence-corrected chi connectivity index (χ2v) is 8.93. The van der Waals surface area contributed by atoms with Crippen LogP contribution in [0.3, 0.4) is 0 Å². The Morgan fingerprint density at radius 2 is 1.85 bits per heavy atom. The van der Waals surface area contributed by atoms with Gasteiger partial charge in [-0.1, -0.05) is 61.7 Å². The monoisotopic (exact) mass is 447 g/mol. The molecule has 6 heteroatoms. The number of aromatic nitrogens is 1. The molecule has 174 valence electrons. The van der Waals surface area contributed by atoms with Gasteiger partial charge in [0, 0.05) is 37.0 Å². The Kier molecular flexibility index (Phi) is 7.79. The predicted octanol–water partition coefficient (Wildman–Crippen LogP) is 4.38. The van der Waals surface area contributed by atoms with E-state index in [4.69, 9.17) is 4.74 Å². The second kappa shape index (κ2) is 11.1. The Labute approximate surface area is 195 Å². The molecule has 1 aliphatic carbocycles. The summed E-state index contributed by atoms with van der Waals surface area (Å²) in [5.74, 6) is -0.420. The quantitative estimate of drug-likeness (QED) is 0.455. The highest BCUT2D eigenvalue weighted by Gasteiger charge is 2.21. The summed E-state index contributed by atoms with van der Waals surface area (Å²) >= 11 is 0. The molecule has 3 aromatic rings. The lowest BCUT2D eigenvalue weighted by Crippen LogP contribution is -2.47. The van der Waals surface area contributed by atoms with Crippen molar-refractivity contribution in [2.75, 3.05) is 0 Å². The van der Waals surface area contributed by atoms with Crippen molar-refractivity contribution in [3.63, 3.8) is 0 Å². The first-order valence-electron chi connectivity index (χ1n) is 11.9. The Bertz CT molecular complexity index is 1080. The smallest absolute Gasteiger partial charge is 0.243 e. The predicted molar refractivity (Wildman–Crippen MR) is 130 cm³/mol. The van der Waals surface area contributed by atoms with E-state index in [1.54, 1.807) is 0 Å². The van der Waals surface area contributed by atoms with Gasteiger partial charge in [-0.15, -0.1) is 0 Å². The van der Waals surface area contributed by atoms with Crippen molar-refractivity contribution < 1.29 is 14.3 Å². The molecule has 1 aliphatic rings. The van der Waals surface area contributed by atoms with Crippen molar-refractivity contribution in [1.29, 1.82) is 0 Å². The highest BCUT2D eigenvalue weighted by atomic mass is 16.5. The number of H-pyrrole nitrogens is 1. The molecule has 1 unspecified atom stereocenters. The highest BCUT2D eigenvalue weighted by molar-refractivity contribution is 5.89. The fourth-order valence-electron chi connectivity index (χ4n) is 4.56. The minimum absolute atomic E-state index is 0.195. The molecule has 3 N–H and O–H groups in total. The van der Waals surface area contributed by atoms with Gasteiger partial charge in [0.2, 0.25) is 11.8 Å². The third-order valence-electron chi connectivity index (χ3n) is 6.29. The summed E-state index contributed by atoms with van der Waals surface area (Å²) in [5.41, 5.74) is 4.15. The van der Waals surface area contributed by atoms with Crippen LogP contribution in [-0.2, 0) is 33.9 Å². The maximum Gasteiger partial charge on any atom is 0.243 e. The summed E-state index contributed by atoms with van der Waals surface area (Å²) in [7, 11) is 0. The van der Waals surface area contributed by atoms with Gasteiger partial charge in [0.25, 0.3) is 0 Å². The van der Waals surface area contributed by atoms with Crippen molar-refractivity contribution in [2.45, 2.75) is 70.7 Å². The van der Waals surface area contributed by atoms with Crippen molar-refractivity contribution >= 4 is 22.7 Å². The van der Waals surface area contributed by atoms with Gasteiger partial charge in [-0.05, 0) is 35.6 Å². The van der Waals surface area contributed by atoms with Crippen LogP contribution in [-0.4, -0.2) is 28.9 Å². The van der Waals surface area contributed by atoms with Crippen molar-refractivity contribution in [3.05, 3.63) is 71.4 Å². The van der Waals surface area contributed by atoms with Gasteiger partial charge in [-0.25, -0.2) is 0 Å². The largest absolute Gasteiger partial charge is 0.374 e. The van der Waals surface area contributed by atoms with Crippen LogP contribution in [0.5, 0.6) is 0 Å². The molecule has 6 nitrogen and oxygen atoms in total. The molecule has 0 spiro atoms. The molecular formula is C27H33N3O3. The molecule has 4 rings (SSSR count). The lowest BCUT2D eigenvalue weighted by atomic mass is 9.98. The number of para-hydroxylation sites is 1. The number of hydrogen-bond acceptors (Lipinski definition) is 3. The SMILES string of the molecule is CC(=O)NC(Cc1c[nH]c2ccccc12)C(=O)NCc1cccc(COC2CCCCC2)c1. The molecule has 1 fully saturated rings. The van der Waals surface area contributed by atoms with Crippen LogP contribution in [0.2, 0.25) is 0 Å². The van der Waals surface area contributed by atoms with Crippen LogP contribution < -0.4 is 10.6 Å². The van der Waals surface area contributed by atoms with E-state index in [0.717, 1.165) is 40.4 Å². The van der Waals surface area contributed by atoms with Crippen molar-refractivity contribution in [2.24, 2.45) is 0 Å². The second-order valence-electron chi connectivity index (χ2n) is 8.93. The van der Waals surface area contributed by atoms with Crippen LogP contribution in [0, 0.1) is 0 Å². The molecule has 1 saturated carbocycles. The molecule has 2 aromatic carbocycles. The zero-order valence-electron chi connectivity index (χ0n) is 19.2. The average Bonchev–Trinajstić information content (AvgIpc) is 3.24. The van der Waals surface area contributed by atoms with E-state index >= 15 is 0 Å². The van der Waals surface area contributed by atoms with Crippen LogP contribution in [0.4, 0.5) is 0 Å². The summed E-state index contributed by atoms with van der Waals surface area (Å²) in [6.07, 6.45) is 8.82. The molecule has 1 heterocycles. The standard InChI is InChI=1S/C27H33N3O3/c1-19(31)30-26(15-22-17-28-25-13-6-5-12-24(22)25)27(32)29-16-20-8-7-9-21(14-20)18-33-23-10-3-2-4-11-23/h5-9,12-14,17,23,26,28H,2-4,10-11,15-16,18H2,1H3,(H,29,32)(H,30,31). The summed E-state index contributed by atoms with van der Waals surface area (Å²) < 4.78 is 6.09. The van der Waals surface area contributed by atoms with Crippen LogP contribution in [0.25, 0.3) is 10.9 Å². The van der Waals surface area contributed by atoms with Crippen LogP contribution >= 0.6 is 0 Å². The summed E-state index contributed by atoms with van der Waals surface area (Å²) in [4.78, 5) is 28.0. The normalized spacial score (nSPS) is 15.3. The third-order valence-corrected chi connectivity index (χ3v) is 6.29. The number of ether oxygens (including phenoxy) is 1. The van der Waals surface area contributed by atoms with Gasteiger partial charge in [0.05, 0.1) is 12.7 Å². The van der Waals surface area contributed by atoms with E-state index < -0.39 is 6.04 Å². The fraction of sp³-hybridized carbons (Fsp3) is 0.407. The topological polar surface area (TPSA) is 83.2 Å². The molecule has 1 atom stereocenters. The molecule has 0 radical (unpaired) electrons. The van der Waals surface area contributed by atoms with Crippen LogP contribution in [0.1, 0.15) is 55.7 Å². The van der Waals surface area contributed by atoms with Gasteiger partial charge in [-0.3, -0.25) is 9.59 Å². The third kappa shape index (κ3) is 6.45. The number of rotatable bonds is 9. The van der Waals surface area contributed by atoms with E-state index in [-0.39, 0.29) is 11.8 Å². The van der Waals surface area contributed by atoms with Crippen LogP contribution in [0.15, 0.2) is 54.7 Å². The minimum Gasteiger partial charge on any atom is -0.374 e. The Hall–Kier alpha value is -3.12. The number of fused-ring (bicyclic) bond motifs is 1. The number of hydrogen-bond donors (Lipinski definition) is 3. The summed E-state index contributed by atoms with van der Waals surface area (Å²) in [6.45, 7) is 2.44.